The molecule has 150 valence electrons. The van der Waals surface area contributed by atoms with Crippen molar-refractivity contribution in [3.63, 3.8) is 0 Å². The highest BCUT2D eigenvalue weighted by Gasteiger charge is 2.40. The van der Waals surface area contributed by atoms with Gasteiger partial charge in [0.2, 0.25) is 5.89 Å². The summed E-state index contributed by atoms with van der Waals surface area (Å²) in [4.78, 5) is 21.6. The molecule has 2 fully saturated rings. The minimum Gasteiger partial charge on any atom is -0.490 e. The topological polar surface area (TPSA) is 90.1 Å². The van der Waals surface area contributed by atoms with E-state index < -0.39 is 12.2 Å². The Morgan fingerprint density at radius 2 is 2.18 bits per heavy atom. The Bertz CT molecular complexity index is 863. The number of carbonyl (C=O) groups excluding carboxylic acids is 1. The number of aryl methyl sites for hydroxylation is 1. The van der Waals surface area contributed by atoms with Crippen molar-refractivity contribution in [3.05, 3.63) is 35.2 Å². The summed E-state index contributed by atoms with van der Waals surface area (Å²) in [6.45, 7) is 3.02. The van der Waals surface area contributed by atoms with E-state index in [0.29, 0.717) is 29.3 Å². The van der Waals surface area contributed by atoms with Gasteiger partial charge in [-0.2, -0.15) is 4.98 Å². The number of alkyl halides is 1. The Morgan fingerprint density at radius 1 is 1.39 bits per heavy atom. The number of pyridine rings is 1. The van der Waals surface area contributed by atoms with Crippen molar-refractivity contribution in [2.75, 3.05) is 13.3 Å². The van der Waals surface area contributed by atoms with Crippen molar-refractivity contribution in [2.24, 2.45) is 5.92 Å². The Kier molecular flexibility index (Phi) is 5.03. The first kappa shape index (κ1) is 18.8. The molecule has 7 nitrogen and oxygen atoms in total. The Morgan fingerprint density at radius 3 is 2.79 bits per heavy atom. The third-order valence-corrected chi connectivity index (χ3v) is 5.28. The average molecular weight is 388 g/mol. The summed E-state index contributed by atoms with van der Waals surface area (Å²) in [5.41, 5.74) is 0.437. The van der Waals surface area contributed by atoms with E-state index in [-0.39, 0.29) is 18.2 Å². The molecule has 28 heavy (non-hydrogen) atoms. The van der Waals surface area contributed by atoms with Crippen molar-refractivity contribution in [1.82, 2.24) is 20.4 Å². The van der Waals surface area contributed by atoms with Gasteiger partial charge in [-0.15, -0.1) is 0 Å². The van der Waals surface area contributed by atoms with Crippen LogP contribution in [0.4, 0.5) is 4.39 Å². The van der Waals surface area contributed by atoms with Crippen LogP contribution in [0.5, 0.6) is 5.75 Å². The third kappa shape index (κ3) is 4.15. The highest BCUT2D eigenvalue weighted by molar-refractivity contribution is 5.93. The number of ether oxygens (including phenoxy) is 1. The molecule has 2 aromatic rings. The summed E-state index contributed by atoms with van der Waals surface area (Å²) in [5.74, 6) is 2.06. The first-order valence-corrected chi connectivity index (χ1v) is 9.80. The first-order valence-electron chi connectivity index (χ1n) is 9.80. The molecular weight excluding hydrogens is 363 g/mol. The second kappa shape index (κ2) is 7.48. The first-order chi connectivity index (χ1) is 13.5. The fourth-order valence-corrected chi connectivity index (χ4v) is 3.48. The van der Waals surface area contributed by atoms with Gasteiger partial charge >= 0.3 is 0 Å². The van der Waals surface area contributed by atoms with E-state index in [1.807, 2.05) is 6.92 Å². The quantitative estimate of drug-likeness (QED) is 0.708. The lowest BCUT2D eigenvalue weighted by atomic mass is 9.93. The highest BCUT2D eigenvalue weighted by atomic mass is 19.1. The van der Waals surface area contributed by atoms with Crippen LogP contribution in [0, 0.1) is 12.8 Å². The molecule has 2 heterocycles. The van der Waals surface area contributed by atoms with Crippen LogP contribution in [0.25, 0.3) is 0 Å². The van der Waals surface area contributed by atoms with E-state index in [2.05, 4.69) is 20.4 Å². The number of nitrogens with one attached hydrogen (secondary N) is 1. The van der Waals surface area contributed by atoms with Crippen LogP contribution < -0.4 is 10.1 Å². The van der Waals surface area contributed by atoms with E-state index in [4.69, 9.17) is 9.26 Å². The number of rotatable bonds is 9. The monoisotopic (exact) mass is 388 g/mol. The SMILES string of the molecule is Cc1nc([C@@](C)(CC2CC2)NC(=O)c2cc(OCCF)c(C3CC3)cn2)no1. The second-order valence-corrected chi connectivity index (χ2v) is 7.99. The van der Waals surface area contributed by atoms with E-state index >= 15 is 0 Å². The molecule has 1 amide bonds. The van der Waals surface area contributed by atoms with Gasteiger partial charge < -0.3 is 14.6 Å². The van der Waals surface area contributed by atoms with Gasteiger partial charge in [-0.1, -0.05) is 18.0 Å². The summed E-state index contributed by atoms with van der Waals surface area (Å²) in [6.07, 6.45) is 6.82. The Balaban J connectivity index is 1.56. The van der Waals surface area contributed by atoms with Crippen LogP contribution in [-0.4, -0.2) is 34.3 Å². The highest BCUT2D eigenvalue weighted by Crippen LogP contribution is 2.44. The van der Waals surface area contributed by atoms with Crippen LogP contribution in [0.15, 0.2) is 16.8 Å². The molecule has 1 N–H and O–H groups in total. The summed E-state index contributed by atoms with van der Waals surface area (Å²) in [7, 11) is 0. The van der Waals surface area contributed by atoms with Gasteiger partial charge in [0.15, 0.2) is 5.82 Å². The normalized spacial score (nSPS) is 18.5. The number of hydrogen-bond donors (Lipinski definition) is 1. The molecule has 2 saturated carbocycles. The fourth-order valence-electron chi connectivity index (χ4n) is 3.48. The van der Waals surface area contributed by atoms with Crippen LogP contribution in [0.1, 0.15) is 72.7 Å². The lowest BCUT2D eigenvalue weighted by Crippen LogP contribution is -2.45. The smallest absolute Gasteiger partial charge is 0.270 e. The number of amides is 1. The molecule has 4 rings (SSSR count). The standard InChI is InChI=1S/C20H25FN4O3/c1-12-23-19(25-28-12)20(2,10-13-3-4-13)24-18(26)16-9-17(27-8-7-21)15(11-22-16)14-5-6-14/h9,11,13-14H,3-8,10H2,1-2H3,(H,24,26)/t20-/m1/s1. The molecule has 2 aliphatic carbocycles. The number of nitrogens with zero attached hydrogens (tertiary/aromatic N) is 3. The van der Waals surface area contributed by atoms with Gasteiger partial charge in [0.25, 0.3) is 5.91 Å². The molecule has 0 saturated heterocycles. The van der Waals surface area contributed by atoms with Gasteiger partial charge in [0, 0.05) is 24.8 Å². The van der Waals surface area contributed by atoms with Crippen molar-refractivity contribution in [3.8, 4) is 5.75 Å². The van der Waals surface area contributed by atoms with Crippen LogP contribution in [-0.2, 0) is 5.54 Å². The molecule has 0 unspecified atom stereocenters. The summed E-state index contributed by atoms with van der Waals surface area (Å²) in [5, 5.41) is 7.07. The lowest BCUT2D eigenvalue weighted by molar-refractivity contribution is 0.0884. The number of hydrogen-bond acceptors (Lipinski definition) is 6. The van der Waals surface area contributed by atoms with Gasteiger partial charge in [-0.3, -0.25) is 9.78 Å². The zero-order valence-corrected chi connectivity index (χ0v) is 16.2. The van der Waals surface area contributed by atoms with Gasteiger partial charge in [-0.25, -0.2) is 4.39 Å². The molecule has 2 aliphatic rings. The molecule has 0 bridgehead atoms. The van der Waals surface area contributed by atoms with Gasteiger partial charge in [0.1, 0.15) is 30.3 Å². The minimum absolute atomic E-state index is 0.0354. The molecule has 0 aliphatic heterocycles. The van der Waals surface area contributed by atoms with Crippen molar-refractivity contribution in [1.29, 1.82) is 0 Å². The molecule has 2 aromatic heterocycles. The molecule has 1 atom stereocenters. The maximum Gasteiger partial charge on any atom is 0.270 e. The molecule has 0 aromatic carbocycles. The summed E-state index contributed by atoms with van der Waals surface area (Å²) in [6, 6.07) is 1.61. The average Bonchev–Trinajstić information content (AvgIpc) is 3.60. The largest absolute Gasteiger partial charge is 0.490 e. The summed E-state index contributed by atoms with van der Waals surface area (Å²) >= 11 is 0. The molecule has 8 heteroatoms. The number of carbonyl (C=O) groups is 1. The maximum absolute atomic E-state index is 13.0. The van der Waals surface area contributed by atoms with Crippen LogP contribution in [0.3, 0.4) is 0 Å². The van der Waals surface area contributed by atoms with E-state index in [1.54, 1.807) is 19.2 Å². The van der Waals surface area contributed by atoms with E-state index in [9.17, 15) is 9.18 Å². The zero-order valence-electron chi connectivity index (χ0n) is 16.2. The second-order valence-electron chi connectivity index (χ2n) is 7.99. The third-order valence-electron chi connectivity index (χ3n) is 5.28. The minimum atomic E-state index is -0.743. The fraction of sp³-hybridized carbons (Fsp3) is 0.600. The summed E-state index contributed by atoms with van der Waals surface area (Å²) < 4.78 is 23.2. The van der Waals surface area contributed by atoms with E-state index in [0.717, 1.165) is 37.7 Å². The van der Waals surface area contributed by atoms with E-state index in [1.165, 1.54) is 0 Å². The Labute approximate surface area is 163 Å². The maximum atomic E-state index is 13.0. The predicted molar refractivity (Wildman–Crippen MR) is 98.9 cm³/mol. The molecular formula is C20H25FN4O3. The van der Waals surface area contributed by atoms with Crippen LogP contribution >= 0.6 is 0 Å². The van der Waals surface area contributed by atoms with Gasteiger partial charge in [0.05, 0.1) is 0 Å². The lowest BCUT2D eigenvalue weighted by Gasteiger charge is -2.27. The van der Waals surface area contributed by atoms with Crippen LogP contribution in [0.2, 0.25) is 0 Å². The van der Waals surface area contributed by atoms with Gasteiger partial charge in [-0.05, 0) is 38.0 Å². The number of halogens is 1. The van der Waals surface area contributed by atoms with Crippen molar-refractivity contribution >= 4 is 5.91 Å². The predicted octanol–water partition coefficient (Wildman–Crippen LogP) is 3.44. The molecule has 0 spiro atoms. The Hall–Kier alpha value is -2.51. The van der Waals surface area contributed by atoms with Crippen molar-refractivity contribution in [2.45, 2.75) is 57.4 Å². The number of aromatic nitrogens is 3. The van der Waals surface area contributed by atoms with Crippen molar-refractivity contribution < 1.29 is 18.4 Å². The zero-order chi connectivity index (χ0) is 19.7. The molecule has 0 radical (unpaired) electrons.